The van der Waals surface area contributed by atoms with Crippen LogP contribution >= 0.6 is 0 Å². The summed E-state index contributed by atoms with van der Waals surface area (Å²) in [5, 5.41) is 2.84. The van der Waals surface area contributed by atoms with Crippen molar-refractivity contribution in [2.75, 3.05) is 24.5 Å². The molecule has 1 fully saturated rings. The molecule has 1 aromatic rings. The Morgan fingerprint density at radius 3 is 2.94 bits per heavy atom. The summed E-state index contributed by atoms with van der Waals surface area (Å²) in [5.41, 5.74) is 3.86. The molecular formula is C13H18N2O. The number of amides is 1. The van der Waals surface area contributed by atoms with E-state index in [9.17, 15) is 4.79 Å². The summed E-state index contributed by atoms with van der Waals surface area (Å²) in [6, 6.07) is 6.45. The second kappa shape index (κ2) is 4.56. The average Bonchev–Trinajstić information content (AvgIpc) is 2.29. The van der Waals surface area contributed by atoms with Crippen molar-refractivity contribution in [3.63, 3.8) is 0 Å². The van der Waals surface area contributed by atoms with Gasteiger partial charge in [0.2, 0.25) is 5.91 Å². The van der Waals surface area contributed by atoms with Crippen LogP contribution < -0.4 is 10.2 Å². The maximum atomic E-state index is 11.3. The first-order valence-corrected chi connectivity index (χ1v) is 5.82. The van der Waals surface area contributed by atoms with Crippen molar-refractivity contribution in [3.05, 3.63) is 29.3 Å². The molecule has 2 rings (SSSR count). The molecule has 0 spiro atoms. The van der Waals surface area contributed by atoms with Crippen LogP contribution in [-0.2, 0) is 11.2 Å². The summed E-state index contributed by atoms with van der Waals surface area (Å²) >= 11 is 0. The van der Waals surface area contributed by atoms with Crippen molar-refractivity contribution < 1.29 is 4.79 Å². The van der Waals surface area contributed by atoms with Crippen LogP contribution in [0.15, 0.2) is 18.2 Å². The molecule has 1 aliphatic rings. The Bertz CT molecular complexity index is 401. The minimum absolute atomic E-state index is 0.116. The number of hydrogen-bond acceptors (Lipinski definition) is 2. The van der Waals surface area contributed by atoms with E-state index in [-0.39, 0.29) is 5.91 Å². The smallest absolute Gasteiger partial charge is 0.239 e. The Balaban J connectivity index is 2.22. The summed E-state index contributed by atoms with van der Waals surface area (Å²) in [6.45, 7) is 6.42. The van der Waals surface area contributed by atoms with E-state index in [4.69, 9.17) is 0 Å². The molecule has 1 N–H and O–H groups in total. The Morgan fingerprint density at radius 2 is 2.25 bits per heavy atom. The van der Waals surface area contributed by atoms with E-state index >= 15 is 0 Å². The van der Waals surface area contributed by atoms with Crippen LogP contribution in [0.25, 0.3) is 0 Å². The van der Waals surface area contributed by atoms with E-state index in [0.717, 1.165) is 25.2 Å². The molecule has 0 saturated carbocycles. The van der Waals surface area contributed by atoms with Gasteiger partial charge >= 0.3 is 0 Å². The number of carbonyl (C=O) groups excluding carboxylic acids is 1. The van der Waals surface area contributed by atoms with Crippen molar-refractivity contribution in [2.24, 2.45) is 0 Å². The Morgan fingerprint density at radius 1 is 1.44 bits per heavy atom. The molecule has 3 nitrogen and oxygen atoms in total. The van der Waals surface area contributed by atoms with Crippen molar-refractivity contribution >= 4 is 11.6 Å². The number of hydrogen-bond donors (Lipinski definition) is 1. The standard InChI is InChI=1S/C13H18N2O/c1-3-11-8-12(5-4-10(11)2)15-7-6-14-13(16)9-15/h4-5,8H,3,6-7,9H2,1-2H3,(H,14,16). The predicted octanol–water partition coefficient (Wildman–Crippen LogP) is 1.49. The largest absolute Gasteiger partial charge is 0.360 e. The van der Waals surface area contributed by atoms with Crippen LogP contribution in [0.4, 0.5) is 5.69 Å². The third-order valence-electron chi connectivity index (χ3n) is 3.12. The fourth-order valence-electron chi connectivity index (χ4n) is 2.09. The van der Waals surface area contributed by atoms with Gasteiger partial charge in [-0.25, -0.2) is 0 Å². The van der Waals surface area contributed by atoms with E-state index < -0.39 is 0 Å². The third-order valence-corrected chi connectivity index (χ3v) is 3.12. The Labute approximate surface area is 96.5 Å². The highest BCUT2D eigenvalue weighted by atomic mass is 16.2. The van der Waals surface area contributed by atoms with Gasteiger partial charge < -0.3 is 10.2 Å². The maximum Gasteiger partial charge on any atom is 0.239 e. The number of piperazine rings is 1. The zero-order valence-corrected chi connectivity index (χ0v) is 9.92. The predicted molar refractivity (Wildman–Crippen MR) is 65.8 cm³/mol. The highest BCUT2D eigenvalue weighted by molar-refractivity contribution is 5.82. The zero-order valence-electron chi connectivity index (χ0n) is 9.92. The van der Waals surface area contributed by atoms with Gasteiger partial charge in [-0.3, -0.25) is 4.79 Å². The van der Waals surface area contributed by atoms with Crippen LogP contribution in [0.2, 0.25) is 0 Å². The lowest BCUT2D eigenvalue weighted by Gasteiger charge is -2.29. The fourth-order valence-corrected chi connectivity index (χ4v) is 2.09. The van der Waals surface area contributed by atoms with Crippen LogP contribution in [0.1, 0.15) is 18.1 Å². The first-order valence-electron chi connectivity index (χ1n) is 5.82. The number of carbonyl (C=O) groups is 1. The van der Waals surface area contributed by atoms with E-state index in [1.165, 1.54) is 11.1 Å². The van der Waals surface area contributed by atoms with Gasteiger partial charge in [0, 0.05) is 18.8 Å². The number of anilines is 1. The lowest BCUT2D eigenvalue weighted by Crippen LogP contribution is -2.47. The number of nitrogens with zero attached hydrogens (tertiary/aromatic N) is 1. The number of benzene rings is 1. The van der Waals surface area contributed by atoms with Gasteiger partial charge in [0.05, 0.1) is 6.54 Å². The van der Waals surface area contributed by atoms with E-state index in [1.807, 2.05) is 0 Å². The van der Waals surface area contributed by atoms with Gasteiger partial charge in [0.1, 0.15) is 0 Å². The molecule has 0 aromatic heterocycles. The van der Waals surface area contributed by atoms with Gasteiger partial charge in [0.15, 0.2) is 0 Å². The van der Waals surface area contributed by atoms with Crippen molar-refractivity contribution in [1.82, 2.24) is 5.32 Å². The van der Waals surface area contributed by atoms with Crippen molar-refractivity contribution in [3.8, 4) is 0 Å². The molecule has 1 aliphatic heterocycles. The third kappa shape index (κ3) is 2.18. The molecule has 1 saturated heterocycles. The minimum Gasteiger partial charge on any atom is -0.360 e. The summed E-state index contributed by atoms with van der Waals surface area (Å²) in [7, 11) is 0. The van der Waals surface area contributed by atoms with Crippen LogP contribution in [0, 0.1) is 6.92 Å². The monoisotopic (exact) mass is 218 g/mol. The van der Waals surface area contributed by atoms with Gasteiger partial charge in [0.25, 0.3) is 0 Å². The molecule has 16 heavy (non-hydrogen) atoms. The molecule has 0 unspecified atom stereocenters. The molecule has 0 radical (unpaired) electrons. The van der Waals surface area contributed by atoms with Gasteiger partial charge in [-0.05, 0) is 36.6 Å². The van der Waals surface area contributed by atoms with Gasteiger partial charge in [-0.15, -0.1) is 0 Å². The first-order chi connectivity index (χ1) is 7.70. The number of aryl methyl sites for hydroxylation is 2. The summed E-state index contributed by atoms with van der Waals surface area (Å²) in [4.78, 5) is 13.5. The summed E-state index contributed by atoms with van der Waals surface area (Å²) in [5.74, 6) is 0.116. The SMILES string of the molecule is CCc1cc(N2CCNC(=O)C2)ccc1C. The van der Waals surface area contributed by atoms with Crippen LogP contribution in [0.3, 0.4) is 0 Å². The van der Waals surface area contributed by atoms with Gasteiger partial charge in [-0.2, -0.15) is 0 Å². The fraction of sp³-hybridized carbons (Fsp3) is 0.462. The van der Waals surface area contributed by atoms with E-state index in [1.54, 1.807) is 0 Å². The number of nitrogens with one attached hydrogen (secondary N) is 1. The molecule has 1 heterocycles. The average molecular weight is 218 g/mol. The lowest BCUT2D eigenvalue weighted by molar-refractivity contribution is -0.120. The number of rotatable bonds is 2. The molecular weight excluding hydrogens is 200 g/mol. The molecule has 1 aromatic carbocycles. The minimum atomic E-state index is 0.116. The van der Waals surface area contributed by atoms with Gasteiger partial charge in [-0.1, -0.05) is 13.0 Å². The molecule has 1 amide bonds. The first kappa shape index (κ1) is 11.0. The lowest BCUT2D eigenvalue weighted by atomic mass is 10.0. The topological polar surface area (TPSA) is 32.3 Å². The van der Waals surface area contributed by atoms with Crippen LogP contribution in [0.5, 0.6) is 0 Å². The summed E-state index contributed by atoms with van der Waals surface area (Å²) in [6.07, 6.45) is 1.04. The highest BCUT2D eigenvalue weighted by Crippen LogP contribution is 2.20. The molecule has 86 valence electrons. The summed E-state index contributed by atoms with van der Waals surface area (Å²) < 4.78 is 0. The van der Waals surface area contributed by atoms with E-state index in [2.05, 4.69) is 42.3 Å². The molecule has 0 aliphatic carbocycles. The second-order valence-electron chi connectivity index (χ2n) is 4.24. The quantitative estimate of drug-likeness (QED) is 0.815. The second-order valence-corrected chi connectivity index (χ2v) is 4.24. The molecule has 0 bridgehead atoms. The Kier molecular flexibility index (Phi) is 3.13. The normalized spacial score (nSPS) is 16.1. The Hall–Kier alpha value is -1.51. The van der Waals surface area contributed by atoms with Crippen molar-refractivity contribution in [2.45, 2.75) is 20.3 Å². The highest BCUT2D eigenvalue weighted by Gasteiger charge is 2.16. The molecule has 3 heteroatoms. The van der Waals surface area contributed by atoms with Crippen molar-refractivity contribution in [1.29, 1.82) is 0 Å². The van der Waals surface area contributed by atoms with Crippen LogP contribution in [-0.4, -0.2) is 25.5 Å². The zero-order chi connectivity index (χ0) is 11.5. The molecule has 0 atom stereocenters. The van der Waals surface area contributed by atoms with E-state index in [0.29, 0.717) is 6.54 Å². The maximum absolute atomic E-state index is 11.3.